The van der Waals surface area contributed by atoms with E-state index in [9.17, 15) is 9.59 Å². The van der Waals surface area contributed by atoms with Crippen LogP contribution in [-0.2, 0) is 16.1 Å². The number of hydrogen-bond donors (Lipinski definition) is 0. The van der Waals surface area contributed by atoms with Crippen molar-refractivity contribution in [3.05, 3.63) is 18.5 Å². The summed E-state index contributed by atoms with van der Waals surface area (Å²) in [5.41, 5.74) is 0. The van der Waals surface area contributed by atoms with Crippen molar-refractivity contribution in [1.82, 2.24) is 19.6 Å². The van der Waals surface area contributed by atoms with E-state index in [-0.39, 0.29) is 24.4 Å². The average molecular weight is 290 g/mol. The number of likely N-dealkylation sites (tertiary alicyclic amines) is 2. The molecule has 0 aliphatic carbocycles. The number of nitrogens with zero attached hydrogens (tertiary/aromatic N) is 4. The summed E-state index contributed by atoms with van der Waals surface area (Å²) in [4.78, 5) is 27.9. The molecular formula is C15H22N4O2. The fourth-order valence-electron chi connectivity index (χ4n) is 3.27. The SMILES string of the molecule is O=C1CCCN1CC(=O)N1CCCC[C@@H]1Cn1cccn1. The van der Waals surface area contributed by atoms with Crippen molar-refractivity contribution >= 4 is 11.8 Å². The van der Waals surface area contributed by atoms with Crippen molar-refractivity contribution < 1.29 is 9.59 Å². The van der Waals surface area contributed by atoms with Gasteiger partial charge in [-0.1, -0.05) is 0 Å². The third-order valence-corrected chi connectivity index (χ3v) is 4.40. The molecule has 6 nitrogen and oxygen atoms in total. The van der Waals surface area contributed by atoms with Crippen molar-refractivity contribution in [2.45, 2.75) is 44.7 Å². The first-order valence-corrected chi connectivity index (χ1v) is 7.79. The van der Waals surface area contributed by atoms with Gasteiger partial charge < -0.3 is 9.80 Å². The van der Waals surface area contributed by atoms with E-state index < -0.39 is 0 Å². The summed E-state index contributed by atoms with van der Waals surface area (Å²) in [6, 6.07) is 2.10. The lowest BCUT2D eigenvalue weighted by Gasteiger charge is -2.36. The zero-order chi connectivity index (χ0) is 14.7. The molecule has 3 rings (SSSR count). The van der Waals surface area contributed by atoms with Crippen molar-refractivity contribution in [1.29, 1.82) is 0 Å². The molecule has 114 valence electrons. The Labute approximate surface area is 124 Å². The smallest absolute Gasteiger partial charge is 0.242 e. The highest BCUT2D eigenvalue weighted by molar-refractivity contribution is 5.86. The number of carbonyl (C=O) groups excluding carboxylic acids is 2. The molecule has 0 N–H and O–H groups in total. The summed E-state index contributed by atoms with van der Waals surface area (Å²) in [5.74, 6) is 0.200. The maximum absolute atomic E-state index is 12.5. The van der Waals surface area contributed by atoms with Crippen LogP contribution in [0.1, 0.15) is 32.1 Å². The van der Waals surface area contributed by atoms with Crippen molar-refractivity contribution in [3.63, 3.8) is 0 Å². The zero-order valence-electron chi connectivity index (χ0n) is 12.3. The molecule has 0 radical (unpaired) electrons. The molecular weight excluding hydrogens is 268 g/mol. The first-order chi connectivity index (χ1) is 10.2. The largest absolute Gasteiger partial charge is 0.336 e. The highest BCUT2D eigenvalue weighted by Gasteiger charge is 2.30. The van der Waals surface area contributed by atoms with Gasteiger partial charge in [0.25, 0.3) is 0 Å². The third-order valence-electron chi connectivity index (χ3n) is 4.40. The van der Waals surface area contributed by atoms with Crippen LogP contribution >= 0.6 is 0 Å². The Kier molecular flexibility index (Phi) is 4.22. The van der Waals surface area contributed by atoms with Gasteiger partial charge in [0.05, 0.1) is 19.1 Å². The van der Waals surface area contributed by atoms with E-state index in [4.69, 9.17) is 0 Å². The zero-order valence-corrected chi connectivity index (χ0v) is 12.3. The number of hydrogen-bond acceptors (Lipinski definition) is 3. The van der Waals surface area contributed by atoms with Gasteiger partial charge >= 0.3 is 0 Å². The molecule has 0 saturated carbocycles. The Balaban J connectivity index is 1.62. The quantitative estimate of drug-likeness (QED) is 0.827. The predicted octanol–water partition coefficient (Wildman–Crippen LogP) is 0.887. The third kappa shape index (κ3) is 3.25. The van der Waals surface area contributed by atoms with Crippen LogP contribution in [0.25, 0.3) is 0 Å². The summed E-state index contributed by atoms with van der Waals surface area (Å²) < 4.78 is 1.89. The summed E-state index contributed by atoms with van der Waals surface area (Å²) in [7, 11) is 0. The molecule has 0 spiro atoms. The first-order valence-electron chi connectivity index (χ1n) is 7.79. The molecule has 2 fully saturated rings. The molecule has 1 aromatic heterocycles. The van der Waals surface area contributed by atoms with Crippen molar-refractivity contribution in [2.75, 3.05) is 19.6 Å². The van der Waals surface area contributed by atoms with Crippen LogP contribution in [-0.4, -0.2) is 57.1 Å². The molecule has 6 heteroatoms. The van der Waals surface area contributed by atoms with Gasteiger partial charge in [0.15, 0.2) is 0 Å². The van der Waals surface area contributed by atoms with Crippen LogP contribution in [0.2, 0.25) is 0 Å². The standard InChI is InChI=1S/C15H22N4O2/c20-14-6-3-8-17(14)12-15(21)19-10-2-1-5-13(19)11-18-9-4-7-16-18/h4,7,9,13H,1-3,5-6,8,10-12H2/t13-/m1/s1. The predicted molar refractivity (Wildman–Crippen MR) is 77.4 cm³/mol. The Morgan fingerprint density at radius 1 is 1.29 bits per heavy atom. The van der Waals surface area contributed by atoms with E-state index in [0.717, 1.165) is 45.3 Å². The number of carbonyl (C=O) groups is 2. The molecule has 1 aromatic rings. The first kappa shape index (κ1) is 14.1. The number of rotatable bonds is 4. The fraction of sp³-hybridized carbons (Fsp3) is 0.667. The Morgan fingerprint density at radius 3 is 2.90 bits per heavy atom. The van der Waals surface area contributed by atoms with E-state index in [0.29, 0.717) is 6.42 Å². The normalized spacial score (nSPS) is 22.9. The van der Waals surface area contributed by atoms with Gasteiger partial charge in [0, 0.05) is 31.9 Å². The minimum atomic E-state index is 0.0853. The highest BCUT2D eigenvalue weighted by atomic mass is 16.2. The molecule has 2 amide bonds. The Hall–Kier alpha value is -1.85. The molecule has 0 bridgehead atoms. The second-order valence-corrected chi connectivity index (χ2v) is 5.88. The Bertz CT molecular complexity index is 500. The molecule has 0 aromatic carbocycles. The van der Waals surface area contributed by atoms with Crippen molar-refractivity contribution in [2.24, 2.45) is 0 Å². The van der Waals surface area contributed by atoms with Crippen LogP contribution in [0, 0.1) is 0 Å². The highest BCUT2D eigenvalue weighted by Crippen LogP contribution is 2.19. The van der Waals surface area contributed by atoms with Gasteiger partial charge in [-0.2, -0.15) is 5.10 Å². The minimum absolute atomic E-state index is 0.0853. The lowest BCUT2D eigenvalue weighted by atomic mass is 10.0. The van der Waals surface area contributed by atoms with Crippen LogP contribution in [0.5, 0.6) is 0 Å². The molecule has 2 saturated heterocycles. The summed E-state index contributed by atoms with van der Waals surface area (Å²) in [6.45, 7) is 2.51. The van der Waals surface area contributed by atoms with E-state index in [2.05, 4.69) is 5.10 Å². The molecule has 3 heterocycles. The number of amides is 2. The maximum atomic E-state index is 12.5. The van der Waals surface area contributed by atoms with E-state index in [1.807, 2.05) is 21.8 Å². The van der Waals surface area contributed by atoms with E-state index in [1.54, 1.807) is 11.1 Å². The molecule has 2 aliphatic heterocycles. The van der Waals surface area contributed by atoms with Gasteiger partial charge in [-0.3, -0.25) is 14.3 Å². The maximum Gasteiger partial charge on any atom is 0.242 e. The van der Waals surface area contributed by atoms with Crippen LogP contribution in [0.3, 0.4) is 0 Å². The van der Waals surface area contributed by atoms with Gasteiger partial charge in [-0.15, -0.1) is 0 Å². The van der Waals surface area contributed by atoms with Crippen LogP contribution in [0.15, 0.2) is 18.5 Å². The summed E-state index contributed by atoms with van der Waals surface area (Å²) >= 11 is 0. The van der Waals surface area contributed by atoms with Crippen LogP contribution in [0.4, 0.5) is 0 Å². The van der Waals surface area contributed by atoms with Crippen molar-refractivity contribution in [3.8, 4) is 0 Å². The molecule has 0 unspecified atom stereocenters. The minimum Gasteiger partial charge on any atom is -0.336 e. The molecule has 21 heavy (non-hydrogen) atoms. The second-order valence-electron chi connectivity index (χ2n) is 5.88. The summed E-state index contributed by atoms with van der Waals surface area (Å²) in [6.07, 6.45) is 8.37. The lowest BCUT2D eigenvalue weighted by Crippen LogP contribution is -2.49. The number of aromatic nitrogens is 2. The number of piperidine rings is 1. The molecule has 1 atom stereocenters. The Morgan fingerprint density at radius 2 is 2.19 bits per heavy atom. The summed E-state index contributed by atoms with van der Waals surface area (Å²) in [5, 5.41) is 4.23. The van der Waals surface area contributed by atoms with E-state index >= 15 is 0 Å². The van der Waals surface area contributed by atoms with E-state index in [1.165, 1.54) is 0 Å². The second kappa shape index (κ2) is 6.28. The topological polar surface area (TPSA) is 58.4 Å². The van der Waals surface area contributed by atoms with Gasteiger partial charge in [0.1, 0.15) is 0 Å². The fourth-order valence-corrected chi connectivity index (χ4v) is 3.27. The lowest BCUT2D eigenvalue weighted by molar-refractivity contribution is -0.141. The van der Waals surface area contributed by atoms with Crippen LogP contribution < -0.4 is 0 Å². The monoisotopic (exact) mass is 290 g/mol. The average Bonchev–Trinajstić information content (AvgIpc) is 3.12. The van der Waals surface area contributed by atoms with Gasteiger partial charge in [-0.25, -0.2) is 0 Å². The van der Waals surface area contributed by atoms with Gasteiger partial charge in [0.2, 0.25) is 11.8 Å². The molecule has 2 aliphatic rings. The van der Waals surface area contributed by atoms with Gasteiger partial charge in [-0.05, 0) is 31.7 Å².